The normalized spacial score (nSPS) is 22.6. The van der Waals surface area contributed by atoms with Crippen LogP contribution in [0.1, 0.15) is 49.4 Å². The third-order valence-corrected chi connectivity index (χ3v) is 3.90. The van der Waals surface area contributed by atoms with Crippen molar-refractivity contribution in [3.05, 3.63) is 29.3 Å². The highest BCUT2D eigenvalue weighted by Gasteiger charge is 2.24. The number of halogens is 2. The Morgan fingerprint density at radius 2 is 1.80 bits per heavy atom. The fraction of sp³-hybridized carbons (Fsp3) is 0.533. The van der Waals surface area contributed by atoms with Gasteiger partial charge in [-0.25, -0.2) is 13.6 Å². The average Bonchev–Trinajstić information content (AvgIpc) is 2.43. The van der Waals surface area contributed by atoms with Gasteiger partial charge in [-0.3, -0.25) is 0 Å². The van der Waals surface area contributed by atoms with Crippen molar-refractivity contribution in [2.75, 3.05) is 0 Å². The summed E-state index contributed by atoms with van der Waals surface area (Å²) >= 11 is 0. The molecule has 0 bridgehead atoms. The molecule has 5 heteroatoms. The fourth-order valence-electron chi connectivity index (χ4n) is 2.62. The van der Waals surface area contributed by atoms with Crippen molar-refractivity contribution in [3.8, 4) is 5.75 Å². The first-order chi connectivity index (χ1) is 9.51. The molecule has 0 aromatic heterocycles. The van der Waals surface area contributed by atoms with E-state index in [0.29, 0.717) is 5.92 Å². The lowest BCUT2D eigenvalue weighted by Crippen LogP contribution is -2.24. The summed E-state index contributed by atoms with van der Waals surface area (Å²) < 4.78 is 32.9. The molecule has 1 aliphatic rings. The molecule has 110 valence electrons. The first kappa shape index (κ1) is 14.8. The summed E-state index contributed by atoms with van der Waals surface area (Å²) in [4.78, 5) is 10.7. The van der Waals surface area contributed by atoms with Crippen LogP contribution in [0.4, 0.5) is 8.78 Å². The Bertz CT molecular complexity index is 471. The van der Waals surface area contributed by atoms with Crippen LogP contribution >= 0.6 is 0 Å². The van der Waals surface area contributed by atoms with Gasteiger partial charge in [-0.1, -0.05) is 13.3 Å². The topological polar surface area (TPSA) is 46.5 Å². The lowest BCUT2D eigenvalue weighted by atomic mass is 9.86. The first-order valence-electron chi connectivity index (χ1n) is 6.90. The minimum Gasteiger partial charge on any atom is -0.484 e. The average molecular weight is 284 g/mol. The van der Waals surface area contributed by atoms with Crippen LogP contribution in [0, 0.1) is 17.6 Å². The van der Waals surface area contributed by atoms with Crippen LogP contribution in [0.15, 0.2) is 12.1 Å². The number of benzene rings is 1. The summed E-state index contributed by atoms with van der Waals surface area (Å²) in [7, 11) is 0. The van der Waals surface area contributed by atoms with Crippen molar-refractivity contribution in [1.29, 1.82) is 0 Å². The van der Waals surface area contributed by atoms with Gasteiger partial charge in [0.15, 0.2) is 17.4 Å². The van der Waals surface area contributed by atoms with Gasteiger partial charge in [0.25, 0.3) is 0 Å². The Morgan fingerprint density at radius 1 is 1.25 bits per heavy atom. The number of aromatic carboxylic acids is 1. The second kappa shape index (κ2) is 6.20. The van der Waals surface area contributed by atoms with Crippen LogP contribution in [-0.4, -0.2) is 17.2 Å². The van der Waals surface area contributed by atoms with E-state index in [2.05, 4.69) is 6.92 Å². The molecule has 0 unspecified atom stereocenters. The van der Waals surface area contributed by atoms with Gasteiger partial charge >= 0.3 is 5.97 Å². The van der Waals surface area contributed by atoms with Crippen molar-refractivity contribution in [2.24, 2.45) is 5.92 Å². The molecule has 1 aliphatic carbocycles. The van der Waals surface area contributed by atoms with Gasteiger partial charge in [0.1, 0.15) is 0 Å². The van der Waals surface area contributed by atoms with Crippen LogP contribution in [0.25, 0.3) is 0 Å². The van der Waals surface area contributed by atoms with Gasteiger partial charge in [0.05, 0.1) is 11.7 Å². The lowest BCUT2D eigenvalue weighted by molar-refractivity contribution is 0.0695. The van der Waals surface area contributed by atoms with E-state index in [9.17, 15) is 13.6 Å². The second-order valence-electron chi connectivity index (χ2n) is 5.24. The van der Waals surface area contributed by atoms with Gasteiger partial charge in [-0.15, -0.1) is 0 Å². The Balaban J connectivity index is 2.08. The predicted molar refractivity (Wildman–Crippen MR) is 70.0 cm³/mol. The van der Waals surface area contributed by atoms with E-state index in [0.717, 1.165) is 44.2 Å². The van der Waals surface area contributed by atoms with Crippen LogP contribution in [0.5, 0.6) is 5.75 Å². The number of hydrogen-bond acceptors (Lipinski definition) is 2. The number of carboxylic acids is 1. The summed E-state index contributed by atoms with van der Waals surface area (Å²) in [6.45, 7) is 2.13. The van der Waals surface area contributed by atoms with E-state index in [1.807, 2.05) is 0 Å². The number of ether oxygens (including phenoxy) is 1. The quantitative estimate of drug-likeness (QED) is 0.908. The van der Waals surface area contributed by atoms with E-state index >= 15 is 0 Å². The molecule has 0 saturated heterocycles. The molecule has 1 N–H and O–H groups in total. The van der Waals surface area contributed by atoms with Gasteiger partial charge in [0.2, 0.25) is 0 Å². The molecule has 0 atom stereocenters. The highest BCUT2D eigenvalue weighted by Crippen LogP contribution is 2.31. The second-order valence-corrected chi connectivity index (χ2v) is 5.24. The standard InChI is InChI=1S/C15H18F2O3/c1-2-9-3-5-11(6-4-9)20-14-12(16)7-10(15(18)19)8-13(14)17/h7-9,11H,2-6H2,1H3,(H,18,19). The van der Waals surface area contributed by atoms with Gasteiger partial charge in [0, 0.05) is 0 Å². The molecule has 2 rings (SSSR count). The van der Waals surface area contributed by atoms with Crippen molar-refractivity contribution < 1.29 is 23.4 Å². The predicted octanol–water partition coefficient (Wildman–Crippen LogP) is 4.01. The summed E-state index contributed by atoms with van der Waals surface area (Å²) in [6.07, 6.45) is 4.46. The number of rotatable bonds is 4. The zero-order chi connectivity index (χ0) is 14.7. The fourth-order valence-corrected chi connectivity index (χ4v) is 2.62. The largest absolute Gasteiger partial charge is 0.484 e. The Labute approximate surface area is 116 Å². The Hall–Kier alpha value is -1.65. The summed E-state index contributed by atoms with van der Waals surface area (Å²) in [5.74, 6) is -3.08. The molecule has 0 heterocycles. The van der Waals surface area contributed by atoms with Crippen molar-refractivity contribution in [2.45, 2.75) is 45.1 Å². The number of carbonyl (C=O) groups is 1. The maximum absolute atomic E-state index is 13.7. The smallest absolute Gasteiger partial charge is 0.335 e. The van der Waals surface area contributed by atoms with Crippen LogP contribution in [0.3, 0.4) is 0 Å². The van der Waals surface area contributed by atoms with Gasteiger partial charge < -0.3 is 9.84 Å². The molecule has 20 heavy (non-hydrogen) atoms. The molecular weight excluding hydrogens is 266 g/mol. The molecule has 0 amide bonds. The highest BCUT2D eigenvalue weighted by atomic mass is 19.1. The molecule has 0 spiro atoms. The third-order valence-electron chi connectivity index (χ3n) is 3.90. The van der Waals surface area contributed by atoms with E-state index < -0.39 is 28.9 Å². The molecule has 1 aromatic carbocycles. The van der Waals surface area contributed by atoms with E-state index in [1.54, 1.807) is 0 Å². The van der Waals surface area contributed by atoms with Crippen molar-refractivity contribution in [1.82, 2.24) is 0 Å². The lowest BCUT2D eigenvalue weighted by Gasteiger charge is -2.28. The SMILES string of the molecule is CCC1CCC(Oc2c(F)cc(C(=O)O)cc2F)CC1. The van der Waals surface area contributed by atoms with Gasteiger partial charge in [-0.05, 0) is 43.7 Å². The zero-order valence-corrected chi connectivity index (χ0v) is 11.4. The minimum atomic E-state index is -1.36. The molecule has 0 radical (unpaired) electrons. The summed E-state index contributed by atoms with van der Waals surface area (Å²) in [6, 6.07) is 1.58. The monoisotopic (exact) mass is 284 g/mol. The van der Waals surface area contributed by atoms with E-state index in [4.69, 9.17) is 9.84 Å². The van der Waals surface area contributed by atoms with Crippen LogP contribution in [-0.2, 0) is 0 Å². The highest BCUT2D eigenvalue weighted by molar-refractivity contribution is 5.87. The Morgan fingerprint density at radius 3 is 2.25 bits per heavy atom. The minimum absolute atomic E-state index is 0.197. The maximum atomic E-state index is 13.7. The van der Waals surface area contributed by atoms with E-state index in [1.165, 1.54) is 0 Å². The molecular formula is C15H18F2O3. The summed E-state index contributed by atoms with van der Waals surface area (Å²) in [5.41, 5.74) is -0.415. The van der Waals surface area contributed by atoms with Gasteiger partial charge in [-0.2, -0.15) is 0 Å². The maximum Gasteiger partial charge on any atom is 0.335 e. The van der Waals surface area contributed by atoms with Crippen LogP contribution < -0.4 is 4.74 Å². The van der Waals surface area contributed by atoms with Crippen molar-refractivity contribution >= 4 is 5.97 Å². The number of carboxylic acid groups (broad SMARTS) is 1. The zero-order valence-electron chi connectivity index (χ0n) is 11.4. The number of hydrogen-bond donors (Lipinski definition) is 1. The molecule has 1 fully saturated rings. The molecule has 3 nitrogen and oxygen atoms in total. The van der Waals surface area contributed by atoms with E-state index in [-0.39, 0.29) is 6.10 Å². The molecule has 1 saturated carbocycles. The molecule has 0 aliphatic heterocycles. The first-order valence-corrected chi connectivity index (χ1v) is 6.90. The third kappa shape index (κ3) is 3.26. The Kier molecular flexibility index (Phi) is 4.57. The van der Waals surface area contributed by atoms with Crippen LogP contribution in [0.2, 0.25) is 0 Å². The summed E-state index contributed by atoms with van der Waals surface area (Å²) in [5, 5.41) is 8.73. The van der Waals surface area contributed by atoms with Crippen molar-refractivity contribution in [3.63, 3.8) is 0 Å². The molecule has 1 aromatic rings.